The van der Waals surface area contributed by atoms with Gasteiger partial charge in [-0.15, -0.1) is 0 Å². The van der Waals surface area contributed by atoms with E-state index in [1.807, 2.05) is 0 Å². The molecule has 5 nitrogen and oxygen atoms in total. The Hall–Kier alpha value is -1.26. The van der Waals surface area contributed by atoms with Gasteiger partial charge in [0, 0.05) is 0 Å². The van der Waals surface area contributed by atoms with Crippen molar-refractivity contribution in [3.05, 3.63) is 0 Å². The van der Waals surface area contributed by atoms with E-state index < -0.39 is 6.09 Å². The van der Waals surface area contributed by atoms with E-state index in [1.165, 1.54) is 0 Å². The molecule has 5 heteroatoms. The molecular formula is C13H25NO4. The normalized spacial score (nSPS) is 10.2. The van der Waals surface area contributed by atoms with Crippen molar-refractivity contribution in [1.29, 1.82) is 0 Å². The third-order valence-corrected chi connectivity index (χ3v) is 2.50. The minimum atomic E-state index is -0.479. The van der Waals surface area contributed by atoms with E-state index in [2.05, 4.69) is 23.9 Å². The summed E-state index contributed by atoms with van der Waals surface area (Å²) in [6, 6.07) is 0. The Morgan fingerprint density at radius 3 is 2.17 bits per heavy atom. The predicted octanol–water partition coefficient (Wildman–Crippen LogP) is 2.49. The highest BCUT2D eigenvalue weighted by Gasteiger charge is 2.17. The number of hydrogen-bond donors (Lipinski definition) is 1. The van der Waals surface area contributed by atoms with Crippen LogP contribution >= 0.6 is 0 Å². The molecule has 1 amide bonds. The van der Waals surface area contributed by atoms with Gasteiger partial charge < -0.3 is 14.8 Å². The maximum Gasteiger partial charge on any atom is 0.407 e. The fourth-order valence-electron chi connectivity index (χ4n) is 1.68. The van der Waals surface area contributed by atoms with Crippen molar-refractivity contribution in [1.82, 2.24) is 5.32 Å². The first-order chi connectivity index (χ1) is 8.65. The Bertz CT molecular complexity index is 237. The number of alkyl carbamates (subject to hydrolysis) is 1. The largest absolute Gasteiger partial charge is 0.464 e. The van der Waals surface area contributed by atoms with Crippen LogP contribution in [0, 0.1) is 5.92 Å². The van der Waals surface area contributed by atoms with Crippen molar-refractivity contribution in [2.45, 2.75) is 46.5 Å². The van der Waals surface area contributed by atoms with E-state index in [1.54, 1.807) is 6.92 Å². The van der Waals surface area contributed by atoms with Gasteiger partial charge in [0.1, 0.15) is 6.61 Å². The molecule has 0 aliphatic heterocycles. The van der Waals surface area contributed by atoms with Crippen molar-refractivity contribution in [3.8, 4) is 0 Å². The molecule has 0 aromatic rings. The highest BCUT2D eigenvalue weighted by Crippen LogP contribution is 2.14. The van der Waals surface area contributed by atoms with Gasteiger partial charge in [-0.25, -0.2) is 4.79 Å². The van der Waals surface area contributed by atoms with Crippen molar-refractivity contribution in [2.24, 2.45) is 5.92 Å². The van der Waals surface area contributed by atoms with Crippen molar-refractivity contribution < 1.29 is 19.1 Å². The Labute approximate surface area is 109 Å². The van der Waals surface area contributed by atoms with Gasteiger partial charge in [0.2, 0.25) is 0 Å². The van der Waals surface area contributed by atoms with Crippen LogP contribution in [0.3, 0.4) is 0 Å². The predicted molar refractivity (Wildman–Crippen MR) is 69.3 cm³/mol. The molecule has 0 atom stereocenters. The molecule has 0 saturated heterocycles. The Balaban J connectivity index is 3.76. The van der Waals surface area contributed by atoms with Gasteiger partial charge in [-0.1, -0.05) is 26.7 Å². The summed E-state index contributed by atoms with van der Waals surface area (Å²) in [7, 11) is 0. The second-order valence-corrected chi connectivity index (χ2v) is 4.09. The van der Waals surface area contributed by atoms with Crippen molar-refractivity contribution >= 4 is 12.1 Å². The van der Waals surface area contributed by atoms with Crippen molar-refractivity contribution in [3.63, 3.8) is 0 Å². The number of hydrogen-bond acceptors (Lipinski definition) is 4. The fourth-order valence-corrected chi connectivity index (χ4v) is 1.68. The first-order valence-electron chi connectivity index (χ1n) is 6.72. The minimum absolute atomic E-state index is 0.0115. The quantitative estimate of drug-likeness (QED) is 0.510. The lowest BCUT2D eigenvalue weighted by molar-refractivity contribution is -0.148. The highest BCUT2D eigenvalue weighted by molar-refractivity contribution is 5.72. The average molecular weight is 259 g/mol. The molecule has 106 valence electrons. The van der Waals surface area contributed by atoms with Gasteiger partial charge in [-0.3, -0.25) is 4.79 Å². The van der Waals surface area contributed by atoms with Crippen LogP contribution in [0.2, 0.25) is 0 Å². The van der Waals surface area contributed by atoms with Gasteiger partial charge in [0.05, 0.1) is 19.1 Å². The van der Waals surface area contributed by atoms with Crippen molar-refractivity contribution in [2.75, 3.05) is 19.8 Å². The zero-order valence-electron chi connectivity index (χ0n) is 11.7. The molecule has 0 heterocycles. The van der Waals surface area contributed by atoms with E-state index in [-0.39, 0.29) is 25.0 Å². The van der Waals surface area contributed by atoms with Crippen LogP contribution in [-0.2, 0) is 14.3 Å². The Morgan fingerprint density at radius 1 is 1.06 bits per heavy atom. The standard InChI is InChI=1S/C13H25NO4/c1-4-7-11(8-5-2)12(15)18-10-9-14-13(16)17-6-3/h11H,4-10H2,1-3H3,(H,14,16). The van der Waals surface area contributed by atoms with Crippen LogP contribution in [0.4, 0.5) is 4.79 Å². The van der Waals surface area contributed by atoms with Gasteiger partial charge in [-0.05, 0) is 19.8 Å². The molecule has 0 aliphatic rings. The molecular weight excluding hydrogens is 234 g/mol. The van der Waals surface area contributed by atoms with E-state index >= 15 is 0 Å². The summed E-state index contributed by atoms with van der Waals surface area (Å²) in [6.07, 6.45) is 3.18. The first-order valence-corrected chi connectivity index (χ1v) is 6.72. The lowest BCUT2D eigenvalue weighted by atomic mass is 9.99. The van der Waals surface area contributed by atoms with Gasteiger partial charge in [0.25, 0.3) is 0 Å². The average Bonchev–Trinajstić information content (AvgIpc) is 2.34. The molecule has 0 aliphatic carbocycles. The SMILES string of the molecule is CCCC(CCC)C(=O)OCCNC(=O)OCC. The highest BCUT2D eigenvalue weighted by atomic mass is 16.6. The van der Waals surface area contributed by atoms with Crippen LogP contribution in [0.15, 0.2) is 0 Å². The number of rotatable bonds is 9. The lowest BCUT2D eigenvalue weighted by Gasteiger charge is -2.14. The smallest absolute Gasteiger partial charge is 0.407 e. The monoisotopic (exact) mass is 259 g/mol. The molecule has 0 aromatic heterocycles. The molecule has 0 unspecified atom stereocenters. The number of ether oxygens (including phenoxy) is 2. The summed E-state index contributed by atoms with van der Waals surface area (Å²) in [5.74, 6) is -0.174. The maximum atomic E-state index is 11.7. The van der Waals surface area contributed by atoms with Gasteiger partial charge in [0.15, 0.2) is 0 Å². The van der Waals surface area contributed by atoms with E-state index in [9.17, 15) is 9.59 Å². The summed E-state index contributed by atoms with van der Waals surface area (Å²) in [4.78, 5) is 22.7. The Morgan fingerprint density at radius 2 is 1.67 bits per heavy atom. The molecule has 0 spiro atoms. The number of amides is 1. The zero-order valence-corrected chi connectivity index (χ0v) is 11.7. The summed E-state index contributed by atoms with van der Waals surface area (Å²) in [6.45, 7) is 6.66. The van der Waals surface area contributed by atoms with Crippen LogP contribution < -0.4 is 5.32 Å². The molecule has 1 N–H and O–H groups in total. The second-order valence-electron chi connectivity index (χ2n) is 4.09. The first kappa shape index (κ1) is 16.7. The van der Waals surface area contributed by atoms with E-state index in [4.69, 9.17) is 4.74 Å². The number of carbonyl (C=O) groups is 2. The third kappa shape index (κ3) is 7.92. The molecule has 0 fully saturated rings. The number of carbonyl (C=O) groups excluding carboxylic acids is 2. The van der Waals surface area contributed by atoms with Crippen LogP contribution in [0.25, 0.3) is 0 Å². The molecule has 0 radical (unpaired) electrons. The topological polar surface area (TPSA) is 64.6 Å². The minimum Gasteiger partial charge on any atom is -0.464 e. The van der Waals surface area contributed by atoms with E-state index in [0.29, 0.717) is 6.61 Å². The van der Waals surface area contributed by atoms with Gasteiger partial charge in [-0.2, -0.15) is 0 Å². The molecule has 0 saturated carbocycles. The fraction of sp³-hybridized carbons (Fsp3) is 0.846. The molecule has 0 bridgehead atoms. The molecule has 18 heavy (non-hydrogen) atoms. The number of nitrogens with one attached hydrogen (secondary N) is 1. The van der Waals surface area contributed by atoms with Gasteiger partial charge >= 0.3 is 12.1 Å². The van der Waals surface area contributed by atoms with E-state index in [0.717, 1.165) is 25.7 Å². The summed E-state index contributed by atoms with van der Waals surface area (Å²) < 4.78 is 9.81. The van der Waals surface area contributed by atoms with Crippen LogP contribution in [-0.4, -0.2) is 31.8 Å². The summed E-state index contributed by atoms with van der Waals surface area (Å²) >= 11 is 0. The molecule has 0 rings (SSSR count). The van der Waals surface area contributed by atoms with Crippen LogP contribution in [0.1, 0.15) is 46.5 Å². The second kappa shape index (κ2) is 10.9. The summed E-state index contributed by atoms with van der Waals surface area (Å²) in [5.41, 5.74) is 0. The zero-order chi connectivity index (χ0) is 13.8. The number of esters is 1. The van der Waals surface area contributed by atoms with Crippen LogP contribution in [0.5, 0.6) is 0 Å². The summed E-state index contributed by atoms with van der Waals surface area (Å²) in [5, 5.41) is 2.50. The Kier molecular flexibility index (Phi) is 10.1. The third-order valence-electron chi connectivity index (χ3n) is 2.50. The lowest BCUT2D eigenvalue weighted by Crippen LogP contribution is -2.29. The maximum absolute atomic E-state index is 11.7. The molecule has 0 aromatic carbocycles.